The summed E-state index contributed by atoms with van der Waals surface area (Å²) < 4.78 is 0.899. The Labute approximate surface area is 122 Å². The monoisotopic (exact) mass is 317 g/mol. The highest BCUT2D eigenvalue weighted by molar-refractivity contribution is 9.10. The molecular weight excluding hydrogens is 302 g/mol. The van der Waals surface area contributed by atoms with Gasteiger partial charge in [0.25, 0.3) is 5.91 Å². The largest absolute Gasteiger partial charge is 0.322 e. The zero-order valence-electron chi connectivity index (χ0n) is 11.0. The Morgan fingerprint density at radius 1 is 1.11 bits per heavy atom. The van der Waals surface area contributed by atoms with Crippen LogP contribution in [-0.4, -0.2) is 5.91 Å². The number of amides is 1. The molecule has 2 aromatic rings. The summed E-state index contributed by atoms with van der Waals surface area (Å²) >= 11 is 3.37. The van der Waals surface area contributed by atoms with E-state index in [9.17, 15) is 4.79 Å². The lowest BCUT2D eigenvalue weighted by atomic mass is 10.0. The highest BCUT2D eigenvalue weighted by Crippen LogP contribution is 2.19. The van der Waals surface area contributed by atoms with Crippen LogP contribution in [0.4, 0.5) is 5.69 Å². The maximum atomic E-state index is 12.1. The molecule has 0 bridgehead atoms. The lowest BCUT2D eigenvalue weighted by molar-refractivity contribution is 0.102. The van der Waals surface area contributed by atoms with Crippen LogP contribution in [0.1, 0.15) is 35.7 Å². The molecule has 0 radical (unpaired) electrons. The molecule has 1 amide bonds. The first-order valence-electron chi connectivity index (χ1n) is 6.23. The Bertz CT molecular complexity index is 593. The van der Waals surface area contributed by atoms with E-state index in [2.05, 4.69) is 41.2 Å². The zero-order chi connectivity index (χ0) is 13.8. The van der Waals surface area contributed by atoms with Gasteiger partial charge in [-0.2, -0.15) is 0 Å². The first-order chi connectivity index (χ1) is 9.06. The van der Waals surface area contributed by atoms with E-state index in [0.717, 1.165) is 10.2 Å². The quantitative estimate of drug-likeness (QED) is 0.863. The maximum absolute atomic E-state index is 12.1. The highest BCUT2D eigenvalue weighted by atomic mass is 79.9. The van der Waals surface area contributed by atoms with Crippen LogP contribution in [0.5, 0.6) is 0 Å². The van der Waals surface area contributed by atoms with E-state index in [1.807, 2.05) is 36.4 Å². The number of nitrogens with one attached hydrogen (secondary N) is 1. The summed E-state index contributed by atoms with van der Waals surface area (Å²) in [5.74, 6) is 0.352. The van der Waals surface area contributed by atoms with Gasteiger partial charge in [-0.25, -0.2) is 0 Å². The number of rotatable bonds is 3. The van der Waals surface area contributed by atoms with Crippen LogP contribution in [0.2, 0.25) is 0 Å². The predicted molar refractivity (Wildman–Crippen MR) is 82.6 cm³/mol. The molecule has 0 saturated heterocycles. The third kappa shape index (κ3) is 3.67. The lowest BCUT2D eigenvalue weighted by Crippen LogP contribution is -2.11. The number of carbonyl (C=O) groups excluding carboxylic acids is 1. The van der Waals surface area contributed by atoms with E-state index < -0.39 is 0 Å². The van der Waals surface area contributed by atoms with Crippen molar-refractivity contribution in [2.45, 2.75) is 19.8 Å². The van der Waals surface area contributed by atoms with E-state index in [-0.39, 0.29) is 5.91 Å². The van der Waals surface area contributed by atoms with Gasteiger partial charge in [-0.3, -0.25) is 4.79 Å². The topological polar surface area (TPSA) is 29.1 Å². The first-order valence-corrected chi connectivity index (χ1v) is 7.02. The van der Waals surface area contributed by atoms with Crippen LogP contribution >= 0.6 is 15.9 Å². The first kappa shape index (κ1) is 13.8. The third-order valence-corrected chi connectivity index (χ3v) is 3.39. The van der Waals surface area contributed by atoms with Gasteiger partial charge in [0.15, 0.2) is 0 Å². The predicted octanol–water partition coefficient (Wildman–Crippen LogP) is 4.82. The molecule has 0 spiro atoms. The van der Waals surface area contributed by atoms with Crippen molar-refractivity contribution < 1.29 is 4.79 Å². The molecule has 0 atom stereocenters. The molecule has 0 aliphatic heterocycles. The van der Waals surface area contributed by atoms with Gasteiger partial charge in [-0.05, 0) is 41.8 Å². The Morgan fingerprint density at radius 3 is 2.53 bits per heavy atom. The van der Waals surface area contributed by atoms with Gasteiger partial charge in [0.1, 0.15) is 0 Å². The average molecular weight is 318 g/mol. The second kappa shape index (κ2) is 6.02. The van der Waals surface area contributed by atoms with E-state index >= 15 is 0 Å². The maximum Gasteiger partial charge on any atom is 0.255 e. The lowest BCUT2D eigenvalue weighted by Gasteiger charge is -2.09. The zero-order valence-corrected chi connectivity index (χ0v) is 12.6. The van der Waals surface area contributed by atoms with Gasteiger partial charge >= 0.3 is 0 Å². The molecule has 0 heterocycles. The van der Waals surface area contributed by atoms with Crippen molar-refractivity contribution in [3.63, 3.8) is 0 Å². The molecule has 3 heteroatoms. The smallest absolute Gasteiger partial charge is 0.255 e. The standard InChI is InChI=1S/C16H16BrNO/c1-11(2)12-5-4-8-15(10-12)18-16(19)13-6-3-7-14(17)9-13/h3-11H,1-2H3,(H,18,19). The van der Waals surface area contributed by atoms with Gasteiger partial charge < -0.3 is 5.32 Å². The number of anilines is 1. The number of carbonyl (C=O) groups is 1. The molecule has 0 aromatic heterocycles. The fourth-order valence-electron chi connectivity index (χ4n) is 1.81. The van der Waals surface area contributed by atoms with Crippen molar-refractivity contribution in [1.82, 2.24) is 0 Å². The molecule has 0 aliphatic carbocycles. The van der Waals surface area contributed by atoms with Gasteiger partial charge in [0.05, 0.1) is 0 Å². The molecule has 0 fully saturated rings. The average Bonchev–Trinajstić information content (AvgIpc) is 2.39. The summed E-state index contributed by atoms with van der Waals surface area (Å²) in [7, 11) is 0. The van der Waals surface area contributed by atoms with Gasteiger partial charge in [0.2, 0.25) is 0 Å². The minimum atomic E-state index is -0.0952. The van der Waals surface area contributed by atoms with Crippen molar-refractivity contribution in [2.24, 2.45) is 0 Å². The van der Waals surface area contributed by atoms with Crippen LogP contribution in [0, 0.1) is 0 Å². The summed E-state index contributed by atoms with van der Waals surface area (Å²) in [5, 5.41) is 2.92. The summed E-state index contributed by atoms with van der Waals surface area (Å²) in [4.78, 5) is 12.1. The van der Waals surface area contributed by atoms with E-state index in [1.165, 1.54) is 5.56 Å². The normalized spacial score (nSPS) is 10.5. The van der Waals surface area contributed by atoms with Crippen LogP contribution in [0.15, 0.2) is 53.0 Å². The van der Waals surface area contributed by atoms with Crippen LogP contribution in [-0.2, 0) is 0 Å². The molecule has 1 N–H and O–H groups in total. The summed E-state index contributed by atoms with van der Waals surface area (Å²) in [6.07, 6.45) is 0. The van der Waals surface area contributed by atoms with Crippen molar-refractivity contribution in [3.05, 3.63) is 64.1 Å². The molecule has 19 heavy (non-hydrogen) atoms. The van der Waals surface area contributed by atoms with E-state index in [4.69, 9.17) is 0 Å². The Hall–Kier alpha value is -1.61. The molecule has 0 unspecified atom stereocenters. The Balaban J connectivity index is 2.17. The Morgan fingerprint density at radius 2 is 1.84 bits per heavy atom. The van der Waals surface area contributed by atoms with Crippen molar-refractivity contribution in [1.29, 1.82) is 0 Å². The van der Waals surface area contributed by atoms with Gasteiger partial charge in [-0.15, -0.1) is 0 Å². The fraction of sp³-hybridized carbons (Fsp3) is 0.188. The number of hydrogen-bond acceptors (Lipinski definition) is 1. The fourth-order valence-corrected chi connectivity index (χ4v) is 2.21. The third-order valence-electron chi connectivity index (χ3n) is 2.90. The van der Waals surface area contributed by atoms with E-state index in [1.54, 1.807) is 6.07 Å². The van der Waals surface area contributed by atoms with Crippen LogP contribution in [0.25, 0.3) is 0 Å². The second-order valence-electron chi connectivity index (χ2n) is 4.74. The molecule has 2 nitrogen and oxygen atoms in total. The second-order valence-corrected chi connectivity index (χ2v) is 5.66. The van der Waals surface area contributed by atoms with Crippen molar-refractivity contribution in [2.75, 3.05) is 5.32 Å². The van der Waals surface area contributed by atoms with Gasteiger partial charge in [0, 0.05) is 15.7 Å². The van der Waals surface area contributed by atoms with Crippen molar-refractivity contribution in [3.8, 4) is 0 Å². The minimum absolute atomic E-state index is 0.0952. The molecule has 0 saturated carbocycles. The van der Waals surface area contributed by atoms with Crippen molar-refractivity contribution >= 4 is 27.5 Å². The highest BCUT2D eigenvalue weighted by Gasteiger charge is 2.07. The molecule has 2 aromatic carbocycles. The molecule has 98 valence electrons. The molecule has 2 rings (SSSR count). The van der Waals surface area contributed by atoms with Gasteiger partial charge in [-0.1, -0.05) is 48.0 Å². The van der Waals surface area contributed by atoms with E-state index in [0.29, 0.717) is 11.5 Å². The summed E-state index contributed by atoms with van der Waals surface area (Å²) in [5.41, 5.74) is 2.69. The number of hydrogen-bond donors (Lipinski definition) is 1. The summed E-state index contributed by atoms with van der Waals surface area (Å²) in [6, 6.07) is 15.3. The van der Waals surface area contributed by atoms with Crippen LogP contribution in [0.3, 0.4) is 0 Å². The number of benzene rings is 2. The SMILES string of the molecule is CC(C)c1cccc(NC(=O)c2cccc(Br)c2)c1. The molecule has 0 aliphatic rings. The minimum Gasteiger partial charge on any atom is -0.322 e. The molecular formula is C16H16BrNO. The Kier molecular flexibility index (Phi) is 4.38. The van der Waals surface area contributed by atoms with Crippen LogP contribution < -0.4 is 5.32 Å². The summed E-state index contributed by atoms with van der Waals surface area (Å²) in [6.45, 7) is 4.27. The number of halogens is 1.